The second-order valence-corrected chi connectivity index (χ2v) is 5.47. The predicted molar refractivity (Wildman–Crippen MR) is 71.8 cm³/mol. The second kappa shape index (κ2) is 6.13. The fourth-order valence-corrected chi connectivity index (χ4v) is 2.42. The molecule has 106 valence electrons. The lowest BCUT2D eigenvalue weighted by Crippen LogP contribution is -2.15. The molecule has 0 aliphatic rings. The van der Waals surface area contributed by atoms with Gasteiger partial charge in [0.1, 0.15) is 17.5 Å². The standard InChI is InChI=1S/C13H13F2N3OS/c1-3-11-16-13(18-17-11)20-7(2)12(19)9-5-4-8(14)6-10(9)15/h4-7H,3H2,1-2H3,(H,16,17,18). The van der Waals surface area contributed by atoms with Gasteiger partial charge in [0, 0.05) is 12.5 Å². The lowest BCUT2D eigenvalue weighted by Gasteiger charge is -2.08. The number of aromatic nitrogens is 3. The van der Waals surface area contributed by atoms with Crippen molar-refractivity contribution >= 4 is 17.5 Å². The Morgan fingerprint density at radius 3 is 2.80 bits per heavy atom. The maximum atomic E-state index is 13.6. The van der Waals surface area contributed by atoms with Gasteiger partial charge in [0.05, 0.1) is 10.8 Å². The van der Waals surface area contributed by atoms with E-state index in [1.807, 2.05) is 6.92 Å². The molecule has 0 spiro atoms. The Balaban J connectivity index is 2.12. The summed E-state index contributed by atoms with van der Waals surface area (Å²) in [4.78, 5) is 16.3. The molecule has 1 unspecified atom stereocenters. The van der Waals surface area contributed by atoms with E-state index in [2.05, 4.69) is 15.2 Å². The van der Waals surface area contributed by atoms with Crippen molar-refractivity contribution in [1.29, 1.82) is 0 Å². The molecule has 1 aromatic heterocycles. The average molecular weight is 297 g/mol. The van der Waals surface area contributed by atoms with Crippen molar-refractivity contribution < 1.29 is 13.6 Å². The second-order valence-electron chi connectivity index (χ2n) is 4.17. The smallest absolute Gasteiger partial charge is 0.209 e. The van der Waals surface area contributed by atoms with E-state index in [9.17, 15) is 13.6 Å². The van der Waals surface area contributed by atoms with E-state index in [1.54, 1.807) is 6.92 Å². The minimum Gasteiger partial charge on any atom is -0.293 e. The number of aromatic amines is 1. The molecule has 1 aromatic carbocycles. The van der Waals surface area contributed by atoms with E-state index in [-0.39, 0.29) is 5.56 Å². The van der Waals surface area contributed by atoms with E-state index in [1.165, 1.54) is 0 Å². The summed E-state index contributed by atoms with van der Waals surface area (Å²) in [5.74, 6) is -1.26. The number of rotatable bonds is 5. The van der Waals surface area contributed by atoms with Crippen LogP contribution in [0.4, 0.5) is 8.78 Å². The molecule has 1 N–H and O–H groups in total. The molecule has 0 fully saturated rings. The number of Topliss-reactive ketones (excluding diaryl/α,β-unsaturated/α-hetero) is 1. The van der Waals surface area contributed by atoms with Crippen LogP contribution in [-0.2, 0) is 6.42 Å². The highest BCUT2D eigenvalue weighted by atomic mass is 32.2. The van der Waals surface area contributed by atoms with Crippen LogP contribution in [0, 0.1) is 11.6 Å². The van der Waals surface area contributed by atoms with E-state index >= 15 is 0 Å². The summed E-state index contributed by atoms with van der Waals surface area (Å²) in [5, 5.41) is 6.58. The molecular weight excluding hydrogens is 284 g/mol. The van der Waals surface area contributed by atoms with Gasteiger partial charge < -0.3 is 0 Å². The van der Waals surface area contributed by atoms with E-state index in [4.69, 9.17) is 0 Å². The molecule has 1 atom stereocenters. The minimum absolute atomic E-state index is 0.127. The number of ketones is 1. The number of halogens is 2. The van der Waals surface area contributed by atoms with Crippen LogP contribution < -0.4 is 0 Å². The largest absolute Gasteiger partial charge is 0.293 e. The number of carbonyl (C=O) groups excluding carboxylic acids is 1. The van der Waals surface area contributed by atoms with Crippen molar-refractivity contribution in [3.8, 4) is 0 Å². The van der Waals surface area contributed by atoms with Crippen LogP contribution in [-0.4, -0.2) is 26.2 Å². The highest BCUT2D eigenvalue weighted by Gasteiger charge is 2.21. The molecular formula is C13H13F2N3OS. The quantitative estimate of drug-likeness (QED) is 0.681. The monoisotopic (exact) mass is 297 g/mol. The van der Waals surface area contributed by atoms with Gasteiger partial charge in [-0.2, -0.15) is 0 Å². The highest BCUT2D eigenvalue weighted by Crippen LogP contribution is 2.23. The molecule has 0 aliphatic heterocycles. The summed E-state index contributed by atoms with van der Waals surface area (Å²) >= 11 is 1.13. The lowest BCUT2D eigenvalue weighted by molar-refractivity contribution is 0.0990. The molecule has 2 aromatic rings. The fourth-order valence-electron chi connectivity index (χ4n) is 1.61. The Bertz CT molecular complexity index is 630. The number of thioether (sulfide) groups is 1. The summed E-state index contributed by atoms with van der Waals surface area (Å²) in [7, 11) is 0. The lowest BCUT2D eigenvalue weighted by atomic mass is 10.1. The van der Waals surface area contributed by atoms with Crippen molar-refractivity contribution in [2.24, 2.45) is 0 Å². The minimum atomic E-state index is -0.855. The number of nitrogens with one attached hydrogen (secondary N) is 1. The first-order chi connectivity index (χ1) is 9.51. The third-order valence-corrected chi connectivity index (χ3v) is 3.66. The number of hydrogen-bond acceptors (Lipinski definition) is 4. The Labute approximate surface area is 119 Å². The summed E-state index contributed by atoms with van der Waals surface area (Å²) in [5.41, 5.74) is -0.127. The predicted octanol–water partition coefficient (Wildman–Crippen LogP) is 3.01. The van der Waals surface area contributed by atoms with Gasteiger partial charge in [-0.05, 0) is 19.1 Å². The zero-order valence-electron chi connectivity index (χ0n) is 11.0. The average Bonchev–Trinajstić information content (AvgIpc) is 2.85. The Hall–Kier alpha value is -1.76. The molecule has 7 heteroatoms. The molecule has 20 heavy (non-hydrogen) atoms. The molecule has 0 bridgehead atoms. The van der Waals surface area contributed by atoms with Gasteiger partial charge in [-0.25, -0.2) is 13.8 Å². The third kappa shape index (κ3) is 3.22. The first-order valence-electron chi connectivity index (χ1n) is 6.08. The van der Waals surface area contributed by atoms with Crippen LogP contribution in [0.1, 0.15) is 30.0 Å². The highest BCUT2D eigenvalue weighted by molar-refractivity contribution is 8.00. The zero-order chi connectivity index (χ0) is 14.7. The van der Waals surface area contributed by atoms with Gasteiger partial charge in [-0.15, -0.1) is 5.10 Å². The number of H-pyrrole nitrogens is 1. The van der Waals surface area contributed by atoms with Crippen molar-refractivity contribution in [2.75, 3.05) is 0 Å². The first kappa shape index (κ1) is 14.6. The molecule has 1 heterocycles. The summed E-state index contributed by atoms with van der Waals surface area (Å²) < 4.78 is 26.4. The fraction of sp³-hybridized carbons (Fsp3) is 0.308. The molecule has 0 radical (unpaired) electrons. The Kier molecular flexibility index (Phi) is 4.49. The molecule has 0 aliphatic carbocycles. The summed E-state index contributed by atoms with van der Waals surface area (Å²) in [6, 6.07) is 2.92. The Morgan fingerprint density at radius 2 is 2.20 bits per heavy atom. The third-order valence-electron chi connectivity index (χ3n) is 2.69. The first-order valence-corrected chi connectivity index (χ1v) is 6.96. The van der Waals surface area contributed by atoms with Crippen LogP contribution in [0.2, 0.25) is 0 Å². The Morgan fingerprint density at radius 1 is 1.45 bits per heavy atom. The zero-order valence-corrected chi connectivity index (χ0v) is 11.8. The van der Waals surface area contributed by atoms with Crippen molar-refractivity contribution in [1.82, 2.24) is 15.2 Å². The van der Waals surface area contributed by atoms with E-state index in [0.29, 0.717) is 17.6 Å². The number of aryl methyl sites for hydroxylation is 1. The van der Waals surface area contributed by atoms with Crippen LogP contribution >= 0.6 is 11.8 Å². The van der Waals surface area contributed by atoms with Crippen LogP contribution in [0.15, 0.2) is 23.4 Å². The topological polar surface area (TPSA) is 58.6 Å². The molecule has 4 nitrogen and oxygen atoms in total. The van der Waals surface area contributed by atoms with Crippen molar-refractivity contribution in [2.45, 2.75) is 30.7 Å². The maximum Gasteiger partial charge on any atom is 0.209 e. The van der Waals surface area contributed by atoms with Gasteiger partial charge in [-0.1, -0.05) is 18.7 Å². The van der Waals surface area contributed by atoms with Gasteiger partial charge in [0.15, 0.2) is 5.78 Å². The van der Waals surface area contributed by atoms with Crippen LogP contribution in [0.3, 0.4) is 0 Å². The maximum absolute atomic E-state index is 13.6. The summed E-state index contributed by atoms with van der Waals surface area (Å²) in [6.07, 6.45) is 0.711. The summed E-state index contributed by atoms with van der Waals surface area (Å²) in [6.45, 7) is 3.56. The van der Waals surface area contributed by atoms with Gasteiger partial charge in [-0.3, -0.25) is 9.89 Å². The SMILES string of the molecule is CCc1nc(SC(C)C(=O)c2ccc(F)cc2F)n[nH]1. The van der Waals surface area contributed by atoms with Crippen molar-refractivity contribution in [3.63, 3.8) is 0 Å². The molecule has 2 rings (SSSR count). The van der Waals surface area contributed by atoms with Crippen LogP contribution in [0.5, 0.6) is 0 Å². The number of carbonyl (C=O) groups is 1. The van der Waals surface area contributed by atoms with Gasteiger partial charge in [0.25, 0.3) is 0 Å². The van der Waals surface area contributed by atoms with Crippen LogP contribution in [0.25, 0.3) is 0 Å². The number of nitrogens with zero attached hydrogens (tertiary/aromatic N) is 2. The number of benzene rings is 1. The number of hydrogen-bond donors (Lipinski definition) is 1. The van der Waals surface area contributed by atoms with E-state index < -0.39 is 22.7 Å². The van der Waals surface area contributed by atoms with E-state index in [0.717, 1.165) is 29.7 Å². The van der Waals surface area contributed by atoms with Gasteiger partial charge in [0.2, 0.25) is 5.16 Å². The molecule has 0 saturated heterocycles. The van der Waals surface area contributed by atoms with Gasteiger partial charge >= 0.3 is 0 Å². The molecule has 0 saturated carbocycles. The normalized spacial score (nSPS) is 12.4. The van der Waals surface area contributed by atoms with Crippen molar-refractivity contribution in [3.05, 3.63) is 41.2 Å². The molecule has 0 amide bonds.